The fraction of sp³-hybridized carbons (Fsp3) is 0.200. The van der Waals surface area contributed by atoms with Crippen molar-refractivity contribution in [1.82, 2.24) is 0 Å². The molecule has 0 radical (unpaired) electrons. The van der Waals surface area contributed by atoms with Crippen molar-refractivity contribution in [2.75, 3.05) is 6.61 Å². The molecule has 2 nitrogen and oxygen atoms in total. The van der Waals surface area contributed by atoms with Crippen LogP contribution in [-0.4, -0.2) is 11.7 Å². The van der Waals surface area contributed by atoms with E-state index in [4.69, 9.17) is 9.84 Å². The molecule has 2 aromatic rings. The number of benzene rings is 1. The SMILES string of the molecule is OCCC#Cc1ccc(COc2cccc(F)c2)s1. The van der Waals surface area contributed by atoms with Crippen LogP contribution in [-0.2, 0) is 6.61 Å². The molecule has 0 saturated carbocycles. The number of aliphatic hydroxyl groups is 1. The molecule has 4 heteroatoms. The van der Waals surface area contributed by atoms with Gasteiger partial charge in [-0.15, -0.1) is 11.3 Å². The Balaban J connectivity index is 1.92. The van der Waals surface area contributed by atoms with Crippen LogP contribution in [0.4, 0.5) is 4.39 Å². The Morgan fingerprint density at radius 2 is 2.16 bits per heavy atom. The van der Waals surface area contributed by atoms with Gasteiger partial charge in [0.15, 0.2) is 0 Å². The highest BCUT2D eigenvalue weighted by Crippen LogP contribution is 2.19. The van der Waals surface area contributed by atoms with E-state index in [9.17, 15) is 4.39 Å². The number of rotatable bonds is 4. The zero-order valence-corrected chi connectivity index (χ0v) is 11.0. The van der Waals surface area contributed by atoms with Crippen molar-refractivity contribution in [2.24, 2.45) is 0 Å². The molecule has 0 atom stereocenters. The van der Waals surface area contributed by atoms with Crippen molar-refractivity contribution in [3.8, 4) is 17.6 Å². The number of halogens is 1. The van der Waals surface area contributed by atoms with E-state index in [0.29, 0.717) is 18.8 Å². The molecule has 2 rings (SSSR count). The third kappa shape index (κ3) is 4.40. The third-order valence-corrected chi connectivity index (χ3v) is 3.26. The average molecular weight is 276 g/mol. The Morgan fingerprint density at radius 1 is 1.26 bits per heavy atom. The highest BCUT2D eigenvalue weighted by atomic mass is 32.1. The van der Waals surface area contributed by atoms with Crippen molar-refractivity contribution in [2.45, 2.75) is 13.0 Å². The van der Waals surface area contributed by atoms with Crippen LogP contribution < -0.4 is 4.74 Å². The second kappa shape index (κ2) is 6.93. The van der Waals surface area contributed by atoms with Gasteiger partial charge in [0, 0.05) is 17.4 Å². The zero-order chi connectivity index (χ0) is 13.5. The minimum absolute atomic E-state index is 0.0773. The first-order valence-electron chi connectivity index (χ1n) is 5.85. The smallest absolute Gasteiger partial charge is 0.126 e. The minimum atomic E-state index is -0.306. The largest absolute Gasteiger partial charge is 0.488 e. The van der Waals surface area contributed by atoms with E-state index in [1.54, 1.807) is 12.1 Å². The Kier molecular flexibility index (Phi) is 4.96. The second-order valence-electron chi connectivity index (χ2n) is 3.79. The molecule has 0 bridgehead atoms. The maximum Gasteiger partial charge on any atom is 0.126 e. The molecule has 19 heavy (non-hydrogen) atoms. The average Bonchev–Trinajstić information content (AvgIpc) is 2.85. The molecule has 0 spiro atoms. The molecule has 0 amide bonds. The lowest BCUT2D eigenvalue weighted by Crippen LogP contribution is -1.92. The van der Waals surface area contributed by atoms with Crippen LogP contribution in [0.5, 0.6) is 5.75 Å². The summed E-state index contributed by atoms with van der Waals surface area (Å²) < 4.78 is 18.4. The van der Waals surface area contributed by atoms with E-state index in [-0.39, 0.29) is 12.4 Å². The van der Waals surface area contributed by atoms with Crippen molar-refractivity contribution >= 4 is 11.3 Å². The van der Waals surface area contributed by atoms with Crippen LogP contribution in [0, 0.1) is 17.7 Å². The topological polar surface area (TPSA) is 29.5 Å². The first-order chi connectivity index (χ1) is 9.28. The standard InChI is InChI=1S/C15H13FO2S/c16-12-4-3-5-13(10-12)18-11-15-8-7-14(19-15)6-1-2-9-17/h3-5,7-8,10,17H,2,9,11H2. The Labute approximate surface area is 115 Å². The Bertz CT molecular complexity index is 595. The molecule has 98 valence electrons. The number of hydrogen-bond donors (Lipinski definition) is 1. The van der Waals surface area contributed by atoms with Gasteiger partial charge in [0.1, 0.15) is 18.2 Å². The summed E-state index contributed by atoms with van der Waals surface area (Å²) in [7, 11) is 0. The van der Waals surface area contributed by atoms with Gasteiger partial charge in [-0.25, -0.2) is 4.39 Å². The zero-order valence-electron chi connectivity index (χ0n) is 10.2. The maximum atomic E-state index is 13.0. The van der Waals surface area contributed by atoms with Crippen LogP contribution in [0.3, 0.4) is 0 Å². The van der Waals surface area contributed by atoms with Crippen molar-refractivity contribution in [3.63, 3.8) is 0 Å². The minimum Gasteiger partial charge on any atom is -0.488 e. The van der Waals surface area contributed by atoms with E-state index < -0.39 is 0 Å². The quantitative estimate of drug-likeness (QED) is 0.869. The summed E-state index contributed by atoms with van der Waals surface area (Å²) >= 11 is 1.53. The van der Waals surface area contributed by atoms with Crippen LogP contribution in [0.1, 0.15) is 16.2 Å². The molecule has 1 heterocycles. The maximum absolute atomic E-state index is 13.0. The van der Waals surface area contributed by atoms with Gasteiger partial charge < -0.3 is 9.84 Å². The van der Waals surface area contributed by atoms with E-state index in [0.717, 1.165) is 9.75 Å². The molecule has 0 aliphatic carbocycles. The Hall–Kier alpha value is -1.83. The molecule has 0 unspecified atom stereocenters. The number of hydrogen-bond acceptors (Lipinski definition) is 3. The van der Waals surface area contributed by atoms with E-state index in [2.05, 4.69) is 11.8 Å². The van der Waals surface area contributed by atoms with Gasteiger partial charge in [0.05, 0.1) is 11.5 Å². The van der Waals surface area contributed by atoms with Gasteiger partial charge in [-0.3, -0.25) is 0 Å². The van der Waals surface area contributed by atoms with Crippen LogP contribution in [0.25, 0.3) is 0 Å². The molecular formula is C15H13FO2S. The molecule has 1 aromatic heterocycles. The van der Waals surface area contributed by atoms with Gasteiger partial charge in [0.25, 0.3) is 0 Å². The fourth-order valence-electron chi connectivity index (χ4n) is 1.44. The highest BCUT2D eigenvalue weighted by Gasteiger charge is 2.00. The third-order valence-electron chi connectivity index (χ3n) is 2.29. The highest BCUT2D eigenvalue weighted by molar-refractivity contribution is 7.12. The summed E-state index contributed by atoms with van der Waals surface area (Å²) in [4.78, 5) is 1.96. The summed E-state index contributed by atoms with van der Waals surface area (Å²) in [6, 6.07) is 9.93. The lowest BCUT2D eigenvalue weighted by molar-refractivity contribution is 0.305. The summed E-state index contributed by atoms with van der Waals surface area (Å²) in [5.74, 6) is 6.04. The van der Waals surface area contributed by atoms with Crippen molar-refractivity contribution in [1.29, 1.82) is 0 Å². The summed E-state index contributed by atoms with van der Waals surface area (Å²) in [5, 5.41) is 8.63. The molecule has 0 aliphatic rings. The van der Waals surface area contributed by atoms with E-state index >= 15 is 0 Å². The van der Waals surface area contributed by atoms with E-state index in [1.165, 1.54) is 23.5 Å². The lowest BCUT2D eigenvalue weighted by Gasteiger charge is -2.03. The van der Waals surface area contributed by atoms with Gasteiger partial charge >= 0.3 is 0 Å². The number of ether oxygens (including phenoxy) is 1. The second-order valence-corrected chi connectivity index (χ2v) is 4.96. The number of thiophene rings is 1. The predicted octanol–water partition coefficient (Wildman–Crippen LogP) is 3.20. The normalized spacial score (nSPS) is 9.79. The molecular weight excluding hydrogens is 263 g/mol. The summed E-state index contributed by atoms with van der Waals surface area (Å²) in [6.45, 7) is 0.476. The van der Waals surface area contributed by atoms with Gasteiger partial charge in [-0.2, -0.15) is 0 Å². The predicted molar refractivity (Wildman–Crippen MR) is 73.6 cm³/mol. The van der Waals surface area contributed by atoms with Crippen molar-refractivity contribution < 1.29 is 14.2 Å². The van der Waals surface area contributed by atoms with Crippen LogP contribution in [0.2, 0.25) is 0 Å². The van der Waals surface area contributed by atoms with E-state index in [1.807, 2.05) is 12.1 Å². The number of aliphatic hydroxyl groups excluding tert-OH is 1. The molecule has 1 aromatic carbocycles. The van der Waals surface area contributed by atoms with Gasteiger partial charge in [-0.05, 0) is 24.3 Å². The summed E-state index contributed by atoms with van der Waals surface area (Å²) in [5.41, 5.74) is 0. The molecule has 0 fully saturated rings. The lowest BCUT2D eigenvalue weighted by atomic mass is 10.3. The van der Waals surface area contributed by atoms with Crippen molar-refractivity contribution in [3.05, 3.63) is 52.0 Å². The first kappa shape index (κ1) is 13.6. The van der Waals surface area contributed by atoms with Gasteiger partial charge in [-0.1, -0.05) is 17.9 Å². The first-order valence-corrected chi connectivity index (χ1v) is 6.66. The molecule has 1 N–H and O–H groups in total. The monoisotopic (exact) mass is 276 g/mol. The van der Waals surface area contributed by atoms with Crippen LogP contribution in [0.15, 0.2) is 36.4 Å². The van der Waals surface area contributed by atoms with Crippen LogP contribution >= 0.6 is 11.3 Å². The summed E-state index contributed by atoms with van der Waals surface area (Å²) in [6.07, 6.45) is 0.479. The molecule has 0 aliphatic heterocycles. The Morgan fingerprint density at radius 3 is 2.95 bits per heavy atom. The molecule has 0 saturated heterocycles. The van der Waals surface area contributed by atoms with Gasteiger partial charge in [0.2, 0.25) is 0 Å². The fourth-order valence-corrected chi connectivity index (χ4v) is 2.24.